The van der Waals surface area contributed by atoms with Crippen molar-refractivity contribution in [3.8, 4) is 5.75 Å². The number of nitrogens with zero attached hydrogens (tertiary/aromatic N) is 1. The number of benzene rings is 2. The fraction of sp³-hybridized carbons (Fsp3) is 0.435. The summed E-state index contributed by atoms with van der Waals surface area (Å²) in [4.78, 5) is 14.6. The first-order valence-electron chi connectivity index (χ1n) is 9.56. The maximum Gasteiger partial charge on any atom is 0.258 e. The molecular formula is C23H32N2O2. The molecule has 0 spiro atoms. The molecule has 0 fully saturated rings. The van der Waals surface area contributed by atoms with Crippen LogP contribution in [-0.4, -0.2) is 44.1 Å². The van der Waals surface area contributed by atoms with E-state index in [1.165, 1.54) is 5.56 Å². The maximum atomic E-state index is 12.5. The van der Waals surface area contributed by atoms with Gasteiger partial charge < -0.3 is 15.0 Å². The number of carbonyl (C=O) groups excluding carboxylic acids is 1. The summed E-state index contributed by atoms with van der Waals surface area (Å²) < 4.78 is 5.87. The third-order valence-corrected chi connectivity index (χ3v) is 4.43. The van der Waals surface area contributed by atoms with Gasteiger partial charge in [-0.2, -0.15) is 0 Å². The summed E-state index contributed by atoms with van der Waals surface area (Å²) in [5, 5.41) is 3.12. The SMILES string of the molecule is Cc1ccc(C(C)C)c(OCC(=O)NC(Cc2ccccc2)CN(C)C)c1. The molecule has 4 nitrogen and oxygen atoms in total. The highest BCUT2D eigenvalue weighted by molar-refractivity contribution is 5.78. The minimum atomic E-state index is -0.0889. The van der Waals surface area contributed by atoms with Crippen LogP contribution in [0.25, 0.3) is 0 Å². The molecule has 1 amide bonds. The van der Waals surface area contributed by atoms with Crippen molar-refractivity contribution in [2.75, 3.05) is 27.2 Å². The monoisotopic (exact) mass is 368 g/mol. The fourth-order valence-electron chi connectivity index (χ4n) is 3.16. The second-order valence-corrected chi connectivity index (χ2v) is 7.70. The number of hydrogen-bond acceptors (Lipinski definition) is 3. The zero-order valence-corrected chi connectivity index (χ0v) is 17.2. The van der Waals surface area contributed by atoms with Gasteiger partial charge in [-0.1, -0.05) is 56.3 Å². The minimum Gasteiger partial charge on any atom is -0.483 e. The Kier molecular flexibility index (Phi) is 7.86. The van der Waals surface area contributed by atoms with Gasteiger partial charge in [-0.3, -0.25) is 4.79 Å². The van der Waals surface area contributed by atoms with E-state index in [2.05, 4.69) is 48.3 Å². The molecular weight excluding hydrogens is 336 g/mol. The summed E-state index contributed by atoms with van der Waals surface area (Å²) in [5.74, 6) is 1.06. The van der Waals surface area contributed by atoms with Gasteiger partial charge in [0.15, 0.2) is 6.61 Å². The lowest BCUT2D eigenvalue weighted by molar-refractivity contribution is -0.123. The molecule has 0 aromatic heterocycles. The third kappa shape index (κ3) is 7.06. The molecule has 0 aliphatic rings. The van der Waals surface area contributed by atoms with Gasteiger partial charge in [-0.05, 0) is 56.1 Å². The fourth-order valence-corrected chi connectivity index (χ4v) is 3.16. The quantitative estimate of drug-likeness (QED) is 0.732. The molecule has 0 heterocycles. The Morgan fingerprint density at radius 3 is 2.44 bits per heavy atom. The second-order valence-electron chi connectivity index (χ2n) is 7.70. The van der Waals surface area contributed by atoms with E-state index >= 15 is 0 Å². The Hall–Kier alpha value is -2.33. The van der Waals surface area contributed by atoms with Crippen LogP contribution in [0.5, 0.6) is 5.75 Å². The Morgan fingerprint density at radius 2 is 1.81 bits per heavy atom. The first kappa shape index (κ1) is 21.0. The minimum absolute atomic E-state index is 0.0297. The van der Waals surface area contributed by atoms with Gasteiger partial charge in [0.25, 0.3) is 5.91 Å². The molecule has 0 bridgehead atoms. The summed E-state index contributed by atoms with van der Waals surface area (Å²) in [7, 11) is 4.03. The highest BCUT2D eigenvalue weighted by Crippen LogP contribution is 2.27. The second kappa shape index (κ2) is 10.1. The average molecular weight is 369 g/mol. The number of aryl methyl sites for hydroxylation is 1. The predicted molar refractivity (Wildman–Crippen MR) is 111 cm³/mol. The maximum absolute atomic E-state index is 12.5. The van der Waals surface area contributed by atoms with Gasteiger partial charge in [0.1, 0.15) is 5.75 Å². The Bertz CT molecular complexity index is 726. The van der Waals surface area contributed by atoms with Crippen molar-refractivity contribution in [3.05, 3.63) is 65.2 Å². The van der Waals surface area contributed by atoms with Crippen molar-refractivity contribution in [2.24, 2.45) is 0 Å². The number of hydrogen-bond donors (Lipinski definition) is 1. The molecule has 0 saturated carbocycles. The highest BCUT2D eigenvalue weighted by atomic mass is 16.5. The average Bonchev–Trinajstić information content (AvgIpc) is 2.60. The van der Waals surface area contributed by atoms with Crippen LogP contribution in [0.1, 0.15) is 36.5 Å². The van der Waals surface area contributed by atoms with E-state index in [9.17, 15) is 4.79 Å². The summed E-state index contributed by atoms with van der Waals surface area (Å²) in [5.41, 5.74) is 3.47. The molecule has 0 saturated heterocycles. The van der Waals surface area contributed by atoms with Crippen molar-refractivity contribution in [3.63, 3.8) is 0 Å². The van der Waals surface area contributed by atoms with Crippen LogP contribution in [-0.2, 0) is 11.2 Å². The van der Waals surface area contributed by atoms with Crippen LogP contribution in [0.4, 0.5) is 0 Å². The third-order valence-electron chi connectivity index (χ3n) is 4.43. The lowest BCUT2D eigenvalue weighted by atomic mass is 10.0. The molecule has 2 aromatic carbocycles. The van der Waals surface area contributed by atoms with Crippen LogP contribution in [0.3, 0.4) is 0 Å². The molecule has 2 rings (SSSR count). The van der Waals surface area contributed by atoms with Crippen molar-refractivity contribution in [1.82, 2.24) is 10.2 Å². The molecule has 1 unspecified atom stereocenters. The summed E-state index contributed by atoms with van der Waals surface area (Å²) in [6.07, 6.45) is 0.798. The number of ether oxygens (including phenoxy) is 1. The molecule has 0 radical (unpaired) electrons. The van der Waals surface area contributed by atoms with Crippen LogP contribution >= 0.6 is 0 Å². The van der Waals surface area contributed by atoms with E-state index in [0.717, 1.165) is 29.8 Å². The van der Waals surface area contributed by atoms with Crippen LogP contribution in [0, 0.1) is 6.92 Å². The van der Waals surface area contributed by atoms with E-state index in [1.807, 2.05) is 45.3 Å². The number of rotatable bonds is 9. The zero-order valence-electron chi connectivity index (χ0n) is 17.2. The Morgan fingerprint density at radius 1 is 1.11 bits per heavy atom. The van der Waals surface area contributed by atoms with Gasteiger partial charge in [-0.15, -0.1) is 0 Å². The normalized spacial score (nSPS) is 12.3. The van der Waals surface area contributed by atoms with Gasteiger partial charge in [-0.25, -0.2) is 0 Å². The summed E-state index contributed by atoms with van der Waals surface area (Å²) in [6.45, 7) is 7.10. The predicted octanol–water partition coefficient (Wildman–Crippen LogP) is 3.79. The largest absolute Gasteiger partial charge is 0.483 e. The molecule has 27 heavy (non-hydrogen) atoms. The summed E-state index contributed by atoms with van der Waals surface area (Å²) in [6, 6.07) is 16.4. The highest BCUT2D eigenvalue weighted by Gasteiger charge is 2.16. The van der Waals surface area contributed by atoms with Crippen LogP contribution < -0.4 is 10.1 Å². The van der Waals surface area contributed by atoms with Crippen molar-refractivity contribution in [2.45, 2.75) is 39.2 Å². The molecule has 1 N–H and O–H groups in total. The molecule has 2 aromatic rings. The lowest BCUT2D eigenvalue weighted by Crippen LogP contribution is -2.44. The van der Waals surface area contributed by atoms with E-state index in [4.69, 9.17) is 4.74 Å². The number of nitrogens with one attached hydrogen (secondary N) is 1. The Balaban J connectivity index is 1.98. The van der Waals surface area contributed by atoms with Crippen molar-refractivity contribution >= 4 is 5.91 Å². The molecule has 1 atom stereocenters. The lowest BCUT2D eigenvalue weighted by Gasteiger charge is -2.23. The van der Waals surface area contributed by atoms with E-state index in [-0.39, 0.29) is 18.6 Å². The first-order chi connectivity index (χ1) is 12.8. The van der Waals surface area contributed by atoms with Crippen LogP contribution in [0.15, 0.2) is 48.5 Å². The molecule has 146 valence electrons. The van der Waals surface area contributed by atoms with Gasteiger partial charge in [0.05, 0.1) is 0 Å². The molecule has 0 aliphatic heterocycles. The number of likely N-dealkylation sites (N-methyl/N-ethyl adjacent to an activating group) is 1. The van der Waals surface area contributed by atoms with Gasteiger partial charge >= 0.3 is 0 Å². The Labute approximate surface area is 163 Å². The van der Waals surface area contributed by atoms with E-state index in [1.54, 1.807) is 0 Å². The smallest absolute Gasteiger partial charge is 0.258 e. The summed E-state index contributed by atoms with van der Waals surface area (Å²) >= 11 is 0. The first-order valence-corrected chi connectivity index (χ1v) is 9.56. The van der Waals surface area contributed by atoms with E-state index in [0.29, 0.717) is 5.92 Å². The standard InChI is InChI=1S/C23H32N2O2/c1-17(2)21-12-11-18(3)13-22(21)27-16-23(26)24-20(15-25(4)5)14-19-9-7-6-8-10-19/h6-13,17,20H,14-16H2,1-5H3,(H,24,26). The number of amides is 1. The molecule has 4 heteroatoms. The topological polar surface area (TPSA) is 41.6 Å². The number of carbonyl (C=O) groups is 1. The van der Waals surface area contributed by atoms with E-state index < -0.39 is 0 Å². The van der Waals surface area contributed by atoms with Crippen LogP contribution in [0.2, 0.25) is 0 Å². The van der Waals surface area contributed by atoms with Gasteiger partial charge in [0.2, 0.25) is 0 Å². The molecule has 0 aliphatic carbocycles. The van der Waals surface area contributed by atoms with Crippen molar-refractivity contribution in [1.29, 1.82) is 0 Å². The van der Waals surface area contributed by atoms with Gasteiger partial charge in [0, 0.05) is 12.6 Å². The zero-order chi connectivity index (χ0) is 19.8. The van der Waals surface area contributed by atoms with Crippen molar-refractivity contribution < 1.29 is 9.53 Å².